The van der Waals surface area contributed by atoms with Crippen molar-refractivity contribution in [2.24, 2.45) is 0 Å². The second kappa shape index (κ2) is 6.66. The first-order chi connectivity index (χ1) is 10.8. The number of sulfonamides is 1. The summed E-state index contributed by atoms with van der Waals surface area (Å²) in [6.07, 6.45) is 2.18. The maximum Gasteiger partial charge on any atom is 0.335 e. The van der Waals surface area contributed by atoms with Crippen LogP contribution in [-0.2, 0) is 16.6 Å². The highest BCUT2D eigenvalue weighted by Gasteiger charge is 2.15. The van der Waals surface area contributed by atoms with Gasteiger partial charge in [0, 0.05) is 18.8 Å². The normalized spacial score (nSPS) is 11.2. The Labute approximate surface area is 133 Å². The molecule has 0 amide bonds. The van der Waals surface area contributed by atoms with E-state index in [4.69, 9.17) is 5.11 Å². The maximum absolute atomic E-state index is 12.3. The molecule has 0 saturated carbocycles. The number of carboxylic acids is 1. The van der Waals surface area contributed by atoms with Crippen molar-refractivity contribution in [2.45, 2.75) is 24.8 Å². The van der Waals surface area contributed by atoms with Gasteiger partial charge < -0.3 is 9.67 Å². The van der Waals surface area contributed by atoms with Crippen LogP contribution in [0.25, 0.3) is 0 Å². The van der Waals surface area contributed by atoms with Gasteiger partial charge in [0.2, 0.25) is 0 Å². The van der Waals surface area contributed by atoms with Gasteiger partial charge in [-0.1, -0.05) is 6.92 Å². The van der Waals surface area contributed by atoms with Crippen LogP contribution in [0.5, 0.6) is 0 Å². The predicted octanol–water partition coefficient (Wildman–Crippen LogP) is 1.76. The molecule has 0 aliphatic rings. The van der Waals surface area contributed by atoms with Gasteiger partial charge in [0.15, 0.2) is 0 Å². The number of nitrogens with zero attached hydrogens (tertiary/aromatic N) is 1. The van der Waals surface area contributed by atoms with E-state index >= 15 is 0 Å². The Hall–Kier alpha value is -2.61. The molecule has 0 fully saturated rings. The average Bonchev–Trinajstić information content (AvgIpc) is 2.50. The van der Waals surface area contributed by atoms with E-state index in [0.29, 0.717) is 6.54 Å². The second-order valence-electron chi connectivity index (χ2n) is 4.88. The van der Waals surface area contributed by atoms with Gasteiger partial charge in [-0.2, -0.15) is 0 Å². The van der Waals surface area contributed by atoms with Gasteiger partial charge in [-0.15, -0.1) is 0 Å². The zero-order valence-corrected chi connectivity index (χ0v) is 13.2. The zero-order chi connectivity index (χ0) is 17.0. The Morgan fingerprint density at radius 3 is 2.39 bits per heavy atom. The third-order valence-corrected chi connectivity index (χ3v) is 4.51. The molecule has 8 heteroatoms. The van der Waals surface area contributed by atoms with Crippen LogP contribution in [0.1, 0.15) is 23.7 Å². The van der Waals surface area contributed by atoms with E-state index < -0.39 is 16.0 Å². The van der Waals surface area contributed by atoms with Gasteiger partial charge in [-0.05, 0) is 36.8 Å². The number of aryl methyl sites for hydroxylation is 1. The molecule has 0 unspecified atom stereocenters. The molecule has 1 aromatic heterocycles. The van der Waals surface area contributed by atoms with Crippen LogP contribution in [0, 0.1) is 0 Å². The standard InChI is InChI=1S/C15H16N2O5S/c1-2-9-17-10-12(5-8-14(17)18)16-23(21,22)13-6-3-11(4-7-13)15(19)20/h3-8,10,16H,2,9H2,1H3,(H,19,20). The first-order valence-corrected chi connectivity index (χ1v) is 8.38. The van der Waals surface area contributed by atoms with Crippen LogP contribution < -0.4 is 10.3 Å². The first kappa shape index (κ1) is 16.8. The van der Waals surface area contributed by atoms with E-state index in [2.05, 4.69) is 4.72 Å². The van der Waals surface area contributed by atoms with Crippen molar-refractivity contribution in [2.75, 3.05) is 4.72 Å². The van der Waals surface area contributed by atoms with Gasteiger partial charge in [0.05, 0.1) is 16.1 Å². The Kier molecular flexibility index (Phi) is 4.85. The lowest BCUT2D eigenvalue weighted by Gasteiger charge is -2.10. The largest absolute Gasteiger partial charge is 0.478 e. The number of hydrogen-bond acceptors (Lipinski definition) is 4. The van der Waals surface area contributed by atoms with Crippen LogP contribution >= 0.6 is 0 Å². The quantitative estimate of drug-likeness (QED) is 0.836. The highest BCUT2D eigenvalue weighted by atomic mass is 32.2. The van der Waals surface area contributed by atoms with Crippen molar-refractivity contribution >= 4 is 21.7 Å². The summed E-state index contributed by atoms with van der Waals surface area (Å²) in [6, 6.07) is 7.55. The number of carbonyl (C=O) groups is 1. The molecule has 0 saturated heterocycles. The Morgan fingerprint density at radius 1 is 1.17 bits per heavy atom. The summed E-state index contributed by atoms with van der Waals surface area (Å²) in [4.78, 5) is 22.4. The fourth-order valence-corrected chi connectivity index (χ4v) is 3.04. The Bertz CT molecular complexity index is 869. The number of aromatic nitrogens is 1. The summed E-state index contributed by atoms with van der Waals surface area (Å²) in [6.45, 7) is 2.40. The lowest BCUT2D eigenvalue weighted by Crippen LogP contribution is -2.20. The van der Waals surface area contributed by atoms with Crippen molar-refractivity contribution in [3.63, 3.8) is 0 Å². The average molecular weight is 336 g/mol. The predicted molar refractivity (Wildman–Crippen MR) is 85.2 cm³/mol. The van der Waals surface area contributed by atoms with E-state index in [1.54, 1.807) is 0 Å². The van der Waals surface area contributed by atoms with Crippen LogP contribution in [0.4, 0.5) is 5.69 Å². The molecule has 0 spiro atoms. The summed E-state index contributed by atoms with van der Waals surface area (Å²) in [5.41, 5.74) is 0.0569. The molecule has 2 aromatic rings. The third kappa shape index (κ3) is 3.98. The molecular formula is C15H16N2O5S. The summed E-state index contributed by atoms with van der Waals surface area (Å²) in [5, 5.41) is 8.82. The number of benzene rings is 1. The van der Waals surface area contributed by atoms with Crippen molar-refractivity contribution < 1.29 is 18.3 Å². The summed E-state index contributed by atoms with van der Waals surface area (Å²) >= 11 is 0. The SMILES string of the molecule is CCCn1cc(NS(=O)(=O)c2ccc(C(=O)O)cc2)ccc1=O. The minimum Gasteiger partial charge on any atom is -0.478 e. The molecule has 0 aliphatic heterocycles. The summed E-state index contributed by atoms with van der Waals surface area (Å²) in [7, 11) is -3.86. The van der Waals surface area contributed by atoms with Crippen LogP contribution in [0.2, 0.25) is 0 Å². The molecule has 122 valence electrons. The van der Waals surface area contributed by atoms with Gasteiger partial charge in [0.25, 0.3) is 15.6 Å². The number of anilines is 1. The molecule has 1 heterocycles. The molecule has 2 rings (SSSR count). The molecule has 23 heavy (non-hydrogen) atoms. The smallest absolute Gasteiger partial charge is 0.335 e. The zero-order valence-electron chi connectivity index (χ0n) is 12.4. The number of pyridine rings is 1. The van der Waals surface area contributed by atoms with Crippen molar-refractivity contribution in [3.05, 3.63) is 58.5 Å². The second-order valence-corrected chi connectivity index (χ2v) is 6.57. The molecule has 0 radical (unpaired) electrons. The summed E-state index contributed by atoms with van der Waals surface area (Å²) in [5.74, 6) is -1.13. The van der Waals surface area contributed by atoms with Crippen LogP contribution in [0.15, 0.2) is 52.3 Å². The molecule has 0 aliphatic carbocycles. The lowest BCUT2D eigenvalue weighted by molar-refractivity contribution is 0.0696. The lowest BCUT2D eigenvalue weighted by atomic mass is 10.2. The van der Waals surface area contributed by atoms with Crippen molar-refractivity contribution in [1.29, 1.82) is 0 Å². The molecule has 1 aromatic carbocycles. The first-order valence-electron chi connectivity index (χ1n) is 6.90. The minimum absolute atomic E-state index is 0.000412. The monoisotopic (exact) mass is 336 g/mol. The topological polar surface area (TPSA) is 105 Å². The molecule has 0 bridgehead atoms. The van der Waals surface area contributed by atoms with Crippen LogP contribution in [0.3, 0.4) is 0 Å². The Balaban J connectivity index is 2.29. The van der Waals surface area contributed by atoms with Gasteiger partial charge in [-0.3, -0.25) is 9.52 Å². The number of rotatable bonds is 6. The maximum atomic E-state index is 12.3. The van der Waals surface area contributed by atoms with Crippen molar-refractivity contribution in [3.8, 4) is 0 Å². The molecule has 0 atom stereocenters. The minimum atomic E-state index is -3.86. The number of hydrogen-bond donors (Lipinski definition) is 2. The van der Waals surface area contributed by atoms with E-state index in [1.165, 1.54) is 47.2 Å². The molecule has 7 nitrogen and oxygen atoms in total. The highest BCUT2D eigenvalue weighted by Crippen LogP contribution is 2.16. The fraction of sp³-hybridized carbons (Fsp3) is 0.200. The number of aromatic carboxylic acids is 1. The van der Waals surface area contributed by atoms with E-state index in [9.17, 15) is 18.0 Å². The Morgan fingerprint density at radius 2 is 1.83 bits per heavy atom. The van der Waals surface area contributed by atoms with E-state index in [-0.39, 0.29) is 21.7 Å². The van der Waals surface area contributed by atoms with E-state index in [1.807, 2.05) is 6.92 Å². The van der Waals surface area contributed by atoms with Gasteiger partial charge >= 0.3 is 5.97 Å². The highest BCUT2D eigenvalue weighted by molar-refractivity contribution is 7.92. The van der Waals surface area contributed by atoms with Crippen LogP contribution in [-0.4, -0.2) is 24.1 Å². The number of nitrogens with one attached hydrogen (secondary N) is 1. The summed E-state index contributed by atoms with van der Waals surface area (Å²) < 4.78 is 28.4. The van der Waals surface area contributed by atoms with Gasteiger partial charge in [0.1, 0.15) is 0 Å². The fourth-order valence-electron chi connectivity index (χ4n) is 2.00. The van der Waals surface area contributed by atoms with Crippen molar-refractivity contribution in [1.82, 2.24) is 4.57 Å². The molecule has 2 N–H and O–H groups in total. The van der Waals surface area contributed by atoms with E-state index in [0.717, 1.165) is 6.42 Å². The van der Waals surface area contributed by atoms with Gasteiger partial charge in [-0.25, -0.2) is 13.2 Å². The molecular weight excluding hydrogens is 320 g/mol. The number of carboxylic acid groups (broad SMARTS) is 1. The third-order valence-electron chi connectivity index (χ3n) is 3.11.